The second-order valence-corrected chi connectivity index (χ2v) is 7.01. The van der Waals surface area contributed by atoms with Gasteiger partial charge in [0.05, 0.1) is 5.69 Å². The van der Waals surface area contributed by atoms with Crippen molar-refractivity contribution in [1.29, 1.82) is 0 Å². The van der Waals surface area contributed by atoms with Gasteiger partial charge in [-0.05, 0) is 25.8 Å². The van der Waals surface area contributed by atoms with Gasteiger partial charge in [0.15, 0.2) is 14.9 Å². The molecule has 0 aromatic carbocycles. The molecule has 0 aliphatic carbocycles. The van der Waals surface area contributed by atoms with Crippen LogP contribution in [-0.4, -0.2) is 41.9 Å². The Hall–Kier alpha value is -0.880. The van der Waals surface area contributed by atoms with E-state index in [1.807, 2.05) is 4.68 Å². The Labute approximate surface area is 109 Å². The summed E-state index contributed by atoms with van der Waals surface area (Å²) in [5.74, 6) is 0. The molecule has 0 N–H and O–H groups in total. The molecule has 0 radical (unpaired) electrons. The number of hydrogen-bond acceptors (Lipinski definition) is 4. The van der Waals surface area contributed by atoms with Gasteiger partial charge in [-0.3, -0.25) is 9.58 Å². The van der Waals surface area contributed by atoms with Crippen molar-refractivity contribution >= 4 is 9.84 Å². The molecule has 0 amide bonds. The van der Waals surface area contributed by atoms with E-state index >= 15 is 0 Å². The van der Waals surface area contributed by atoms with Gasteiger partial charge >= 0.3 is 0 Å². The lowest BCUT2D eigenvalue weighted by Crippen LogP contribution is -2.32. The number of aromatic nitrogens is 2. The highest BCUT2D eigenvalue weighted by Crippen LogP contribution is 2.18. The standard InChI is InChI=1S/C12H21N3O2S/c1-4-10(2)14-6-5-7-15-11(9-14)8-12(13-15)18(3,16)17/h8,10H,4-7,9H2,1-3H3. The molecule has 1 atom stereocenters. The molecule has 1 unspecified atom stereocenters. The number of sulfone groups is 1. The van der Waals surface area contributed by atoms with E-state index in [4.69, 9.17) is 0 Å². The molecule has 1 aromatic heterocycles. The minimum atomic E-state index is -3.20. The minimum absolute atomic E-state index is 0.198. The second kappa shape index (κ2) is 5.01. The van der Waals surface area contributed by atoms with Gasteiger partial charge < -0.3 is 0 Å². The van der Waals surface area contributed by atoms with Gasteiger partial charge in [-0.1, -0.05) is 6.92 Å². The van der Waals surface area contributed by atoms with Gasteiger partial charge in [0, 0.05) is 31.9 Å². The first kappa shape index (κ1) is 13.5. The van der Waals surface area contributed by atoms with Crippen molar-refractivity contribution in [1.82, 2.24) is 14.7 Å². The van der Waals surface area contributed by atoms with Crippen molar-refractivity contribution < 1.29 is 8.42 Å². The van der Waals surface area contributed by atoms with Crippen molar-refractivity contribution in [2.75, 3.05) is 12.8 Å². The summed E-state index contributed by atoms with van der Waals surface area (Å²) in [7, 11) is -3.20. The largest absolute Gasteiger partial charge is 0.295 e. The highest BCUT2D eigenvalue weighted by molar-refractivity contribution is 7.90. The van der Waals surface area contributed by atoms with Crippen molar-refractivity contribution in [3.05, 3.63) is 11.8 Å². The number of aryl methyl sites for hydroxylation is 1. The summed E-state index contributed by atoms with van der Waals surface area (Å²) in [6.07, 6.45) is 3.33. The van der Waals surface area contributed by atoms with Crippen LogP contribution in [0.4, 0.5) is 0 Å². The highest BCUT2D eigenvalue weighted by Gasteiger charge is 2.22. The smallest absolute Gasteiger partial charge is 0.194 e. The Balaban J connectivity index is 2.28. The van der Waals surface area contributed by atoms with Crippen LogP contribution in [0.25, 0.3) is 0 Å². The average molecular weight is 271 g/mol. The highest BCUT2D eigenvalue weighted by atomic mass is 32.2. The maximum absolute atomic E-state index is 11.5. The Bertz CT molecular complexity index is 521. The Morgan fingerprint density at radius 2 is 2.17 bits per heavy atom. The summed E-state index contributed by atoms with van der Waals surface area (Å²) in [5.41, 5.74) is 1.01. The first-order chi connectivity index (χ1) is 8.41. The summed E-state index contributed by atoms with van der Waals surface area (Å²) in [5, 5.41) is 4.40. The van der Waals surface area contributed by atoms with Gasteiger partial charge in [-0.25, -0.2) is 8.42 Å². The van der Waals surface area contributed by atoms with E-state index in [2.05, 4.69) is 23.8 Å². The zero-order valence-corrected chi connectivity index (χ0v) is 12.1. The first-order valence-corrected chi connectivity index (χ1v) is 8.31. The predicted octanol–water partition coefficient (Wildman–Crippen LogP) is 1.29. The molecule has 18 heavy (non-hydrogen) atoms. The molecule has 102 valence electrons. The summed E-state index contributed by atoms with van der Waals surface area (Å²) in [6.45, 7) is 7.03. The monoisotopic (exact) mass is 271 g/mol. The fraction of sp³-hybridized carbons (Fsp3) is 0.750. The fourth-order valence-corrected chi connectivity index (χ4v) is 2.87. The van der Waals surface area contributed by atoms with Gasteiger partial charge in [0.25, 0.3) is 0 Å². The fourth-order valence-electron chi connectivity index (χ4n) is 2.28. The maximum Gasteiger partial charge on any atom is 0.194 e. The minimum Gasteiger partial charge on any atom is -0.295 e. The third-order valence-electron chi connectivity index (χ3n) is 3.62. The van der Waals surface area contributed by atoms with Crippen molar-refractivity contribution in [3.8, 4) is 0 Å². The van der Waals surface area contributed by atoms with Crippen LogP contribution in [0.15, 0.2) is 11.1 Å². The number of nitrogens with zero attached hydrogens (tertiary/aromatic N) is 3. The topological polar surface area (TPSA) is 55.2 Å². The normalized spacial score (nSPS) is 19.3. The lowest BCUT2D eigenvalue weighted by Gasteiger charge is -2.26. The first-order valence-electron chi connectivity index (χ1n) is 6.42. The van der Waals surface area contributed by atoms with Crippen molar-refractivity contribution in [2.45, 2.75) is 50.8 Å². The average Bonchev–Trinajstić information content (AvgIpc) is 2.60. The van der Waals surface area contributed by atoms with E-state index in [-0.39, 0.29) is 5.03 Å². The molecule has 1 aliphatic rings. The van der Waals surface area contributed by atoms with E-state index in [0.717, 1.165) is 38.2 Å². The van der Waals surface area contributed by atoms with Crippen LogP contribution in [0.5, 0.6) is 0 Å². The molecule has 6 heteroatoms. The van der Waals surface area contributed by atoms with Crippen LogP contribution in [-0.2, 0) is 22.9 Å². The predicted molar refractivity (Wildman–Crippen MR) is 70.1 cm³/mol. The number of fused-ring (bicyclic) bond motifs is 1. The quantitative estimate of drug-likeness (QED) is 0.831. The third-order valence-corrected chi connectivity index (χ3v) is 4.57. The van der Waals surface area contributed by atoms with Crippen LogP contribution >= 0.6 is 0 Å². The zero-order valence-electron chi connectivity index (χ0n) is 11.3. The van der Waals surface area contributed by atoms with E-state index in [9.17, 15) is 8.42 Å². The SMILES string of the molecule is CCC(C)N1CCCn2nc(S(C)(=O)=O)cc2C1. The molecular formula is C12H21N3O2S. The van der Waals surface area contributed by atoms with Gasteiger partial charge in [0.1, 0.15) is 0 Å². The number of hydrogen-bond donors (Lipinski definition) is 0. The molecule has 0 saturated carbocycles. The Morgan fingerprint density at radius 3 is 2.78 bits per heavy atom. The molecule has 1 aliphatic heterocycles. The molecule has 0 bridgehead atoms. The van der Waals surface area contributed by atoms with Gasteiger partial charge in [-0.2, -0.15) is 5.10 Å². The number of rotatable bonds is 3. The van der Waals surface area contributed by atoms with E-state index in [0.29, 0.717) is 6.04 Å². The molecule has 0 saturated heterocycles. The molecular weight excluding hydrogens is 250 g/mol. The lowest BCUT2D eigenvalue weighted by molar-refractivity contribution is 0.198. The molecule has 0 fully saturated rings. The molecule has 0 spiro atoms. The zero-order chi connectivity index (χ0) is 13.3. The molecule has 5 nitrogen and oxygen atoms in total. The van der Waals surface area contributed by atoms with E-state index < -0.39 is 9.84 Å². The van der Waals surface area contributed by atoms with Crippen LogP contribution < -0.4 is 0 Å². The lowest BCUT2D eigenvalue weighted by atomic mass is 10.2. The summed E-state index contributed by atoms with van der Waals surface area (Å²) in [4.78, 5) is 2.40. The summed E-state index contributed by atoms with van der Waals surface area (Å²) in [6, 6.07) is 2.24. The second-order valence-electron chi connectivity index (χ2n) is 5.05. The van der Waals surface area contributed by atoms with Crippen LogP contribution in [0.1, 0.15) is 32.4 Å². The maximum atomic E-state index is 11.5. The Kier molecular flexibility index (Phi) is 3.77. The van der Waals surface area contributed by atoms with Crippen molar-refractivity contribution in [2.24, 2.45) is 0 Å². The van der Waals surface area contributed by atoms with E-state index in [1.54, 1.807) is 6.07 Å². The molecule has 1 aromatic rings. The third kappa shape index (κ3) is 2.75. The van der Waals surface area contributed by atoms with Crippen LogP contribution in [0, 0.1) is 0 Å². The Morgan fingerprint density at radius 1 is 1.44 bits per heavy atom. The van der Waals surface area contributed by atoms with Crippen LogP contribution in [0.2, 0.25) is 0 Å². The molecule has 2 rings (SSSR count). The molecule has 2 heterocycles. The van der Waals surface area contributed by atoms with Gasteiger partial charge in [0.2, 0.25) is 0 Å². The van der Waals surface area contributed by atoms with E-state index in [1.165, 1.54) is 6.26 Å². The van der Waals surface area contributed by atoms with Gasteiger partial charge in [-0.15, -0.1) is 0 Å². The summed E-state index contributed by atoms with van der Waals surface area (Å²) >= 11 is 0. The summed E-state index contributed by atoms with van der Waals surface area (Å²) < 4.78 is 24.9. The van der Waals surface area contributed by atoms with Crippen molar-refractivity contribution in [3.63, 3.8) is 0 Å². The van der Waals surface area contributed by atoms with Crippen LogP contribution in [0.3, 0.4) is 0 Å².